The molecule has 5 nitrogen and oxygen atoms in total. The number of aromatic nitrogens is 3. The van der Waals surface area contributed by atoms with Crippen LogP contribution in [0, 0.1) is 6.92 Å². The predicted octanol–water partition coefficient (Wildman–Crippen LogP) is 4.76. The molecule has 0 unspecified atom stereocenters. The van der Waals surface area contributed by atoms with E-state index in [0.29, 0.717) is 16.4 Å². The Kier molecular flexibility index (Phi) is 5.15. The molecule has 1 amide bonds. The maximum atomic E-state index is 12.9. The number of fused-ring (bicyclic) bond motifs is 1. The summed E-state index contributed by atoms with van der Waals surface area (Å²) in [7, 11) is 1.83. The van der Waals surface area contributed by atoms with Gasteiger partial charge in [0, 0.05) is 42.3 Å². The Balaban J connectivity index is 1.59. The number of amides is 1. The van der Waals surface area contributed by atoms with Crippen LogP contribution in [0.5, 0.6) is 0 Å². The Bertz CT molecular complexity index is 1140. The Hall–Kier alpha value is -2.70. The van der Waals surface area contributed by atoms with E-state index in [1.54, 1.807) is 11.1 Å². The lowest BCUT2D eigenvalue weighted by molar-refractivity contribution is 0.0801. The number of halogens is 1. The Morgan fingerprint density at radius 2 is 2.07 bits per heavy atom. The van der Waals surface area contributed by atoms with Gasteiger partial charge in [-0.1, -0.05) is 23.7 Å². The van der Waals surface area contributed by atoms with Crippen molar-refractivity contribution in [3.63, 3.8) is 0 Å². The first-order valence-corrected chi connectivity index (χ1v) is 10.1. The van der Waals surface area contributed by atoms with Crippen molar-refractivity contribution < 1.29 is 4.79 Å². The molecule has 0 saturated heterocycles. The van der Waals surface area contributed by atoms with Gasteiger partial charge < -0.3 is 4.90 Å². The highest BCUT2D eigenvalue weighted by atomic mass is 35.5. The molecule has 28 heavy (non-hydrogen) atoms. The maximum Gasteiger partial charge on any atom is 0.263 e. The van der Waals surface area contributed by atoms with Crippen molar-refractivity contribution in [3.05, 3.63) is 76.0 Å². The lowest BCUT2D eigenvalue weighted by Crippen LogP contribution is -2.28. The van der Waals surface area contributed by atoms with E-state index < -0.39 is 0 Å². The molecule has 0 saturated carbocycles. The largest absolute Gasteiger partial charge is 0.341 e. The summed E-state index contributed by atoms with van der Waals surface area (Å²) in [5, 5.41) is 6.26. The molecule has 0 aliphatic carbocycles. The van der Waals surface area contributed by atoms with E-state index in [-0.39, 0.29) is 5.91 Å². The van der Waals surface area contributed by atoms with Crippen molar-refractivity contribution in [2.24, 2.45) is 0 Å². The minimum atomic E-state index is 0.00850. The molecule has 0 atom stereocenters. The molecule has 0 aliphatic heterocycles. The summed E-state index contributed by atoms with van der Waals surface area (Å²) >= 11 is 7.59. The van der Waals surface area contributed by atoms with Crippen molar-refractivity contribution in [1.82, 2.24) is 19.7 Å². The fourth-order valence-electron chi connectivity index (χ4n) is 3.05. The second-order valence-corrected chi connectivity index (χ2v) is 8.07. The number of rotatable bonds is 5. The first-order valence-electron chi connectivity index (χ1n) is 8.93. The molecule has 142 valence electrons. The second kappa shape index (κ2) is 7.73. The molecule has 3 aromatic heterocycles. The summed E-state index contributed by atoms with van der Waals surface area (Å²) < 4.78 is 1.85. The highest BCUT2D eigenvalue weighted by Crippen LogP contribution is 2.31. The van der Waals surface area contributed by atoms with Crippen LogP contribution in [0.25, 0.3) is 15.9 Å². The van der Waals surface area contributed by atoms with Crippen molar-refractivity contribution in [2.75, 3.05) is 13.6 Å². The van der Waals surface area contributed by atoms with Gasteiger partial charge in [-0.05, 0) is 43.3 Å². The molecule has 0 bridgehead atoms. The SMILES string of the molecule is Cc1nn(-c2cccc(Cl)c2)c2sc(C(=O)N(C)CCc3ccccn3)cc12. The highest BCUT2D eigenvalue weighted by Gasteiger charge is 2.19. The van der Waals surface area contributed by atoms with E-state index in [1.807, 2.05) is 67.2 Å². The topological polar surface area (TPSA) is 51.0 Å². The lowest BCUT2D eigenvalue weighted by Gasteiger charge is -2.15. The lowest BCUT2D eigenvalue weighted by atomic mass is 10.2. The number of hydrogen-bond acceptors (Lipinski definition) is 4. The molecular weight excluding hydrogens is 392 g/mol. The summed E-state index contributed by atoms with van der Waals surface area (Å²) in [6.45, 7) is 2.57. The van der Waals surface area contributed by atoms with E-state index in [2.05, 4.69) is 10.1 Å². The second-order valence-electron chi connectivity index (χ2n) is 6.60. The van der Waals surface area contributed by atoms with Gasteiger partial charge in [0.25, 0.3) is 5.91 Å². The minimum Gasteiger partial charge on any atom is -0.341 e. The van der Waals surface area contributed by atoms with Gasteiger partial charge in [0.05, 0.1) is 16.3 Å². The third-order valence-corrected chi connectivity index (χ3v) is 5.92. The summed E-state index contributed by atoms with van der Waals surface area (Å²) in [6.07, 6.45) is 2.50. The Labute approximate surface area is 172 Å². The average molecular weight is 411 g/mol. The van der Waals surface area contributed by atoms with Gasteiger partial charge in [0.2, 0.25) is 0 Å². The van der Waals surface area contributed by atoms with Crippen LogP contribution >= 0.6 is 22.9 Å². The number of benzene rings is 1. The van der Waals surface area contributed by atoms with E-state index in [4.69, 9.17) is 11.6 Å². The van der Waals surface area contributed by atoms with Gasteiger partial charge in [-0.2, -0.15) is 5.10 Å². The zero-order valence-corrected chi connectivity index (χ0v) is 17.2. The summed E-state index contributed by atoms with van der Waals surface area (Å²) in [4.78, 5) is 20.6. The quantitative estimate of drug-likeness (QED) is 0.476. The molecule has 7 heteroatoms. The monoisotopic (exact) mass is 410 g/mol. The van der Waals surface area contributed by atoms with Crippen LogP contribution in [0.4, 0.5) is 0 Å². The summed E-state index contributed by atoms with van der Waals surface area (Å²) in [6, 6.07) is 15.3. The van der Waals surface area contributed by atoms with Crippen molar-refractivity contribution in [2.45, 2.75) is 13.3 Å². The average Bonchev–Trinajstić information content (AvgIpc) is 3.27. The number of likely N-dealkylation sites (N-methyl/N-ethyl adjacent to an activating group) is 1. The number of thiophene rings is 1. The smallest absolute Gasteiger partial charge is 0.263 e. The van der Waals surface area contributed by atoms with Crippen LogP contribution in [-0.2, 0) is 6.42 Å². The third-order valence-electron chi connectivity index (χ3n) is 4.58. The standard InChI is InChI=1S/C21H19ClN4OS/c1-14-18-13-19(20(27)25(2)11-9-16-7-3-4-10-23-16)28-21(18)26(24-14)17-8-5-6-15(22)12-17/h3-8,10,12-13H,9,11H2,1-2H3. The van der Waals surface area contributed by atoms with Crippen LogP contribution in [-0.4, -0.2) is 39.2 Å². The van der Waals surface area contributed by atoms with E-state index in [9.17, 15) is 4.79 Å². The third kappa shape index (κ3) is 3.66. The number of aryl methyl sites for hydroxylation is 1. The molecule has 1 aromatic carbocycles. The molecule has 0 N–H and O–H groups in total. The zero-order valence-electron chi connectivity index (χ0n) is 15.6. The Morgan fingerprint density at radius 3 is 2.82 bits per heavy atom. The van der Waals surface area contributed by atoms with E-state index in [0.717, 1.165) is 33.7 Å². The number of carbonyl (C=O) groups excluding carboxylic acids is 1. The number of hydrogen-bond donors (Lipinski definition) is 0. The molecule has 0 spiro atoms. The van der Waals surface area contributed by atoms with Gasteiger partial charge >= 0.3 is 0 Å². The molecule has 3 heterocycles. The van der Waals surface area contributed by atoms with E-state index >= 15 is 0 Å². The summed E-state index contributed by atoms with van der Waals surface area (Å²) in [5.74, 6) is 0.00850. The van der Waals surface area contributed by atoms with Crippen LogP contribution in [0.3, 0.4) is 0 Å². The molecule has 0 aliphatic rings. The first-order chi connectivity index (χ1) is 13.5. The van der Waals surface area contributed by atoms with Gasteiger partial charge in [-0.15, -0.1) is 11.3 Å². The van der Waals surface area contributed by atoms with Crippen LogP contribution in [0.15, 0.2) is 54.7 Å². The van der Waals surface area contributed by atoms with Crippen molar-refractivity contribution >= 4 is 39.1 Å². The van der Waals surface area contributed by atoms with Crippen molar-refractivity contribution in [1.29, 1.82) is 0 Å². The van der Waals surface area contributed by atoms with Crippen LogP contribution in [0.2, 0.25) is 5.02 Å². The number of carbonyl (C=O) groups is 1. The first kappa shape index (κ1) is 18.7. The number of nitrogens with zero attached hydrogens (tertiary/aromatic N) is 4. The predicted molar refractivity (Wildman–Crippen MR) is 114 cm³/mol. The van der Waals surface area contributed by atoms with Gasteiger partial charge in [0.15, 0.2) is 0 Å². The fraction of sp³-hybridized carbons (Fsp3) is 0.190. The maximum absolute atomic E-state index is 12.9. The molecule has 0 radical (unpaired) electrons. The fourth-order valence-corrected chi connectivity index (χ4v) is 4.42. The van der Waals surface area contributed by atoms with Gasteiger partial charge in [-0.3, -0.25) is 9.78 Å². The molecule has 0 fully saturated rings. The Morgan fingerprint density at radius 1 is 1.21 bits per heavy atom. The van der Waals surface area contributed by atoms with Gasteiger partial charge in [0.1, 0.15) is 4.83 Å². The van der Waals surface area contributed by atoms with Crippen LogP contribution < -0.4 is 0 Å². The normalized spacial score (nSPS) is 11.1. The molecule has 4 aromatic rings. The zero-order chi connectivity index (χ0) is 19.7. The van der Waals surface area contributed by atoms with Crippen LogP contribution in [0.1, 0.15) is 21.1 Å². The highest BCUT2D eigenvalue weighted by molar-refractivity contribution is 7.20. The summed E-state index contributed by atoms with van der Waals surface area (Å²) in [5.41, 5.74) is 2.75. The molecule has 4 rings (SSSR count). The van der Waals surface area contributed by atoms with E-state index in [1.165, 1.54) is 11.3 Å². The van der Waals surface area contributed by atoms with Crippen molar-refractivity contribution in [3.8, 4) is 5.69 Å². The number of pyridine rings is 1. The van der Waals surface area contributed by atoms with Gasteiger partial charge in [-0.25, -0.2) is 4.68 Å². The molecular formula is C21H19ClN4OS. The minimum absolute atomic E-state index is 0.00850.